The zero-order valence-electron chi connectivity index (χ0n) is 19.0. The smallest absolute Gasteiger partial charge is 0.288 e. The molecule has 4 aromatic rings. The van der Waals surface area contributed by atoms with Gasteiger partial charge in [-0.25, -0.2) is 0 Å². The fraction of sp³-hybridized carbons (Fsp3) is 0.185. The van der Waals surface area contributed by atoms with Crippen molar-refractivity contribution in [2.75, 3.05) is 0 Å². The maximum atomic E-state index is 11.7. The number of primary amides is 1. The van der Waals surface area contributed by atoms with Crippen LogP contribution in [0, 0.1) is 3.57 Å². The van der Waals surface area contributed by atoms with E-state index in [1.165, 1.54) is 0 Å². The van der Waals surface area contributed by atoms with Gasteiger partial charge in [-0.1, -0.05) is 79.7 Å². The van der Waals surface area contributed by atoms with E-state index < -0.39 is 5.91 Å². The van der Waals surface area contributed by atoms with Crippen molar-refractivity contribution in [2.45, 2.75) is 33.0 Å². The van der Waals surface area contributed by atoms with Gasteiger partial charge in [-0.3, -0.25) is 4.79 Å². The number of aromatic nitrogens is 1. The number of hydrogen-bond acceptors (Lipinski definition) is 5. The third kappa shape index (κ3) is 5.41. The first-order valence-corrected chi connectivity index (χ1v) is 12.0. The summed E-state index contributed by atoms with van der Waals surface area (Å²) in [6, 6.07) is 23.8. The molecule has 1 heterocycles. The Morgan fingerprint density at radius 2 is 1.50 bits per heavy atom. The molecule has 0 spiro atoms. The molecule has 1 amide bonds. The number of carbonyl (C=O) groups is 1. The van der Waals surface area contributed by atoms with Crippen molar-refractivity contribution >= 4 is 28.5 Å². The van der Waals surface area contributed by atoms with Gasteiger partial charge in [0.1, 0.15) is 30.4 Å². The minimum atomic E-state index is -0.665. The molecule has 7 heteroatoms. The lowest BCUT2D eigenvalue weighted by atomic mass is 9.97. The molecule has 0 radical (unpaired) electrons. The van der Waals surface area contributed by atoms with Crippen LogP contribution in [0.3, 0.4) is 0 Å². The quantitative estimate of drug-likeness (QED) is 0.239. The summed E-state index contributed by atoms with van der Waals surface area (Å²) in [6.45, 7) is 5.00. The van der Waals surface area contributed by atoms with Crippen LogP contribution in [0.2, 0.25) is 0 Å². The molecule has 174 valence electrons. The molecule has 0 aliphatic rings. The van der Waals surface area contributed by atoms with Crippen molar-refractivity contribution in [3.8, 4) is 22.8 Å². The Balaban J connectivity index is 1.76. The Labute approximate surface area is 212 Å². The summed E-state index contributed by atoms with van der Waals surface area (Å²) in [6.07, 6.45) is 0. The standard InChI is InChI=1S/C27H25IN2O4/c1-17(2)20-13-21(25-24(28)26(27(29)31)34-30-25)23(33-16-19-11-7-4-8-12-19)14-22(20)32-15-18-9-5-3-6-10-18/h3-14,17H,15-16H2,1-2H3,(H2,29,31). The largest absolute Gasteiger partial charge is 0.488 e. The molecule has 0 saturated heterocycles. The lowest BCUT2D eigenvalue weighted by molar-refractivity contribution is 0.0964. The van der Waals surface area contributed by atoms with Crippen molar-refractivity contribution in [2.24, 2.45) is 5.73 Å². The van der Waals surface area contributed by atoms with Gasteiger partial charge in [-0.2, -0.15) is 0 Å². The predicted molar refractivity (Wildman–Crippen MR) is 139 cm³/mol. The first-order chi connectivity index (χ1) is 16.4. The van der Waals surface area contributed by atoms with Crippen LogP contribution in [0.1, 0.15) is 47.0 Å². The first kappa shape index (κ1) is 23.8. The van der Waals surface area contributed by atoms with E-state index in [0.717, 1.165) is 22.4 Å². The number of nitrogens with two attached hydrogens (primary N) is 1. The van der Waals surface area contributed by atoms with Crippen molar-refractivity contribution in [1.82, 2.24) is 5.16 Å². The van der Waals surface area contributed by atoms with E-state index in [9.17, 15) is 4.79 Å². The fourth-order valence-corrected chi connectivity index (χ4v) is 4.28. The Hall–Kier alpha value is -3.33. The summed E-state index contributed by atoms with van der Waals surface area (Å²) in [5, 5.41) is 4.14. The second-order valence-corrected chi connectivity index (χ2v) is 9.21. The molecule has 6 nitrogen and oxygen atoms in total. The lowest BCUT2D eigenvalue weighted by Gasteiger charge is -2.19. The second-order valence-electron chi connectivity index (χ2n) is 8.13. The van der Waals surface area contributed by atoms with Gasteiger partial charge in [0.15, 0.2) is 0 Å². The van der Waals surface area contributed by atoms with E-state index in [4.69, 9.17) is 19.7 Å². The predicted octanol–water partition coefficient (Wildman–Crippen LogP) is 6.33. The van der Waals surface area contributed by atoms with Crippen molar-refractivity contribution < 1.29 is 18.8 Å². The molecule has 0 atom stereocenters. The normalized spacial score (nSPS) is 10.9. The number of halogens is 1. The van der Waals surface area contributed by atoms with E-state index in [1.807, 2.05) is 95.4 Å². The van der Waals surface area contributed by atoms with Crippen molar-refractivity contribution in [3.05, 3.63) is 98.8 Å². The van der Waals surface area contributed by atoms with E-state index >= 15 is 0 Å². The lowest BCUT2D eigenvalue weighted by Crippen LogP contribution is -2.11. The summed E-state index contributed by atoms with van der Waals surface area (Å²) >= 11 is 2.03. The van der Waals surface area contributed by atoms with Crippen LogP contribution in [0.15, 0.2) is 77.3 Å². The Kier molecular flexibility index (Phi) is 7.52. The molecular weight excluding hydrogens is 543 g/mol. The average Bonchev–Trinajstić information content (AvgIpc) is 3.23. The third-order valence-electron chi connectivity index (χ3n) is 5.32. The minimum Gasteiger partial charge on any atom is -0.488 e. The topological polar surface area (TPSA) is 87.6 Å². The summed E-state index contributed by atoms with van der Waals surface area (Å²) in [5.74, 6) is 0.854. The van der Waals surface area contributed by atoms with Crippen LogP contribution in [-0.4, -0.2) is 11.1 Å². The molecular formula is C27H25IN2O4. The van der Waals surface area contributed by atoms with Gasteiger partial charge in [0.2, 0.25) is 5.76 Å². The second kappa shape index (κ2) is 10.7. The molecule has 34 heavy (non-hydrogen) atoms. The number of rotatable bonds is 9. The number of carbonyl (C=O) groups excluding carboxylic acids is 1. The van der Waals surface area contributed by atoms with E-state index in [-0.39, 0.29) is 11.7 Å². The molecule has 1 aromatic heterocycles. The highest BCUT2D eigenvalue weighted by Crippen LogP contribution is 2.41. The molecule has 0 fully saturated rings. The van der Waals surface area contributed by atoms with Gasteiger partial charge in [-0.05, 0) is 51.3 Å². The molecule has 2 N–H and O–H groups in total. The first-order valence-electron chi connectivity index (χ1n) is 10.9. The van der Waals surface area contributed by atoms with E-state index in [1.54, 1.807) is 0 Å². The Bertz CT molecular complexity index is 1270. The van der Waals surface area contributed by atoms with Gasteiger partial charge in [0.05, 0.1) is 3.57 Å². The minimum absolute atomic E-state index is 0.0279. The van der Waals surface area contributed by atoms with Crippen LogP contribution in [-0.2, 0) is 13.2 Å². The zero-order chi connectivity index (χ0) is 24.1. The summed E-state index contributed by atoms with van der Waals surface area (Å²) in [4.78, 5) is 11.7. The summed E-state index contributed by atoms with van der Waals surface area (Å²) < 4.78 is 18.3. The van der Waals surface area contributed by atoms with Gasteiger partial charge < -0.3 is 19.7 Å². The van der Waals surface area contributed by atoms with Crippen LogP contribution in [0.4, 0.5) is 0 Å². The highest BCUT2D eigenvalue weighted by molar-refractivity contribution is 14.1. The maximum Gasteiger partial charge on any atom is 0.288 e. The molecule has 0 unspecified atom stereocenters. The van der Waals surface area contributed by atoms with Crippen LogP contribution >= 0.6 is 22.6 Å². The number of amides is 1. The summed E-state index contributed by atoms with van der Waals surface area (Å²) in [5.41, 5.74) is 9.77. The average molecular weight is 568 g/mol. The van der Waals surface area contributed by atoms with Crippen LogP contribution < -0.4 is 15.2 Å². The molecule has 0 aliphatic carbocycles. The number of nitrogens with zero attached hydrogens (tertiary/aromatic N) is 1. The van der Waals surface area contributed by atoms with E-state index in [2.05, 4.69) is 19.0 Å². The number of benzene rings is 3. The highest BCUT2D eigenvalue weighted by Gasteiger charge is 2.24. The van der Waals surface area contributed by atoms with Gasteiger partial charge in [0.25, 0.3) is 5.91 Å². The summed E-state index contributed by atoms with van der Waals surface area (Å²) in [7, 11) is 0. The van der Waals surface area contributed by atoms with Crippen molar-refractivity contribution in [1.29, 1.82) is 0 Å². The molecule has 0 aliphatic heterocycles. The van der Waals surface area contributed by atoms with Crippen LogP contribution in [0.5, 0.6) is 11.5 Å². The van der Waals surface area contributed by atoms with E-state index in [0.29, 0.717) is 33.8 Å². The third-order valence-corrected chi connectivity index (χ3v) is 6.32. The van der Waals surface area contributed by atoms with Gasteiger partial charge in [-0.15, -0.1) is 0 Å². The molecule has 4 rings (SSSR count). The molecule has 0 bridgehead atoms. The SMILES string of the molecule is CC(C)c1cc(-c2noc(C(N)=O)c2I)c(OCc2ccccc2)cc1OCc1ccccc1. The fourth-order valence-electron chi connectivity index (χ4n) is 3.53. The number of hydrogen-bond donors (Lipinski definition) is 1. The van der Waals surface area contributed by atoms with Crippen molar-refractivity contribution in [3.63, 3.8) is 0 Å². The van der Waals surface area contributed by atoms with Gasteiger partial charge in [0, 0.05) is 11.6 Å². The molecule has 3 aromatic carbocycles. The zero-order valence-corrected chi connectivity index (χ0v) is 21.1. The maximum absolute atomic E-state index is 11.7. The molecule has 0 saturated carbocycles. The Morgan fingerprint density at radius 1 is 0.941 bits per heavy atom. The Morgan fingerprint density at radius 3 is 2.00 bits per heavy atom. The van der Waals surface area contributed by atoms with Gasteiger partial charge >= 0.3 is 0 Å². The highest BCUT2D eigenvalue weighted by atomic mass is 127. The number of ether oxygens (including phenoxy) is 2. The van der Waals surface area contributed by atoms with Crippen LogP contribution in [0.25, 0.3) is 11.3 Å². The monoisotopic (exact) mass is 568 g/mol.